The topological polar surface area (TPSA) is 110 Å². The van der Waals surface area contributed by atoms with E-state index in [1.54, 1.807) is 0 Å². The number of carbonyl (C=O) groups is 1. The summed E-state index contributed by atoms with van der Waals surface area (Å²) in [5.74, 6) is -1.47. The second-order valence-corrected chi connectivity index (χ2v) is 3.11. The maximum atomic E-state index is 12.5. The van der Waals surface area contributed by atoms with Gasteiger partial charge in [0.1, 0.15) is 11.6 Å². The van der Waals surface area contributed by atoms with E-state index in [1.165, 1.54) is 0 Å². The van der Waals surface area contributed by atoms with Crippen molar-refractivity contribution in [2.24, 2.45) is 5.73 Å². The number of nitro benzene ring substituents is 1. The van der Waals surface area contributed by atoms with Gasteiger partial charge in [0.05, 0.1) is 16.1 Å². The Morgan fingerprint density at radius 3 is 2.33 bits per heavy atom. The number of hydrogen-bond donors (Lipinski definition) is 1. The van der Waals surface area contributed by atoms with Gasteiger partial charge in [0.2, 0.25) is 0 Å². The maximum Gasteiger partial charge on any atom is 0.417 e. The molecule has 1 aromatic rings. The smallest absolute Gasteiger partial charge is 0.365 e. The Morgan fingerprint density at radius 1 is 1.44 bits per heavy atom. The Balaban J connectivity index is 3.77. The van der Waals surface area contributed by atoms with Gasteiger partial charge in [-0.2, -0.15) is 18.4 Å². The third-order valence-corrected chi connectivity index (χ3v) is 2.04. The number of nitro groups is 1. The van der Waals surface area contributed by atoms with Crippen molar-refractivity contribution in [2.45, 2.75) is 6.18 Å². The normalized spacial score (nSPS) is 10.8. The van der Waals surface area contributed by atoms with E-state index in [0.29, 0.717) is 12.1 Å². The summed E-state index contributed by atoms with van der Waals surface area (Å²) in [5, 5.41) is 19.2. The Bertz CT molecular complexity index is 575. The van der Waals surface area contributed by atoms with Gasteiger partial charge in [0, 0.05) is 6.07 Å². The number of benzene rings is 1. The summed E-state index contributed by atoms with van der Waals surface area (Å²) >= 11 is 0. The van der Waals surface area contributed by atoms with Crippen molar-refractivity contribution < 1.29 is 22.9 Å². The van der Waals surface area contributed by atoms with E-state index in [1.807, 2.05) is 0 Å². The Morgan fingerprint density at radius 2 is 2.00 bits per heavy atom. The molecule has 0 atom stereocenters. The van der Waals surface area contributed by atoms with Crippen molar-refractivity contribution in [1.29, 1.82) is 5.26 Å². The van der Waals surface area contributed by atoms with Crippen LogP contribution in [0.2, 0.25) is 0 Å². The number of carbonyl (C=O) groups excluding carboxylic acids is 1. The summed E-state index contributed by atoms with van der Waals surface area (Å²) in [6.07, 6.45) is -4.91. The minimum atomic E-state index is -4.91. The van der Waals surface area contributed by atoms with E-state index < -0.39 is 39.4 Å². The lowest BCUT2D eigenvalue weighted by molar-refractivity contribution is -0.385. The molecule has 0 saturated carbocycles. The molecule has 9 heteroatoms. The Kier molecular flexibility index (Phi) is 3.23. The molecule has 0 fully saturated rings. The fraction of sp³-hybridized carbons (Fsp3) is 0.111. The van der Waals surface area contributed by atoms with Crippen LogP contribution in [-0.2, 0) is 6.18 Å². The number of rotatable bonds is 2. The maximum absolute atomic E-state index is 12.5. The van der Waals surface area contributed by atoms with Crippen LogP contribution in [-0.4, -0.2) is 10.8 Å². The van der Waals surface area contributed by atoms with Crippen LogP contribution in [0.15, 0.2) is 12.1 Å². The SMILES string of the molecule is N#Cc1c(C(F)(F)F)ccc([N+](=O)[O-])c1C(N)=O. The fourth-order valence-corrected chi connectivity index (χ4v) is 1.35. The second-order valence-electron chi connectivity index (χ2n) is 3.11. The van der Waals surface area contributed by atoms with Crippen LogP contribution in [0.25, 0.3) is 0 Å². The molecule has 18 heavy (non-hydrogen) atoms. The van der Waals surface area contributed by atoms with Crippen molar-refractivity contribution in [2.75, 3.05) is 0 Å². The zero-order valence-electron chi connectivity index (χ0n) is 8.49. The lowest BCUT2D eigenvalue weighted by Crippen LogP contribution is -2.19. The van der Waals surface area contributed by atoms with Crippen LogP contribution in [0, 0.1) is 21.4 Å². The van der Waals surface area contributed by atoms with Crippen LogP contribution in [0.3, 0.4) is 0 Å². The highest BCUT2D eigenvalue weighted by molar-refractivity contribution is 5.99. The molecule has 0 aromatic heterocycles. The first-order chi connectivity index (χ1) is 8.20. The first-order valence-corrected chi connectivity index (χ1v) is 4.28. The molecule has 0 aliphatic rings. The third-order valence-electron chi connectivity index (χ3n) is 2.04. The predicted octanol–water partition coefficient (Wildman–Crippen LogP) is 1.58. The minimum Gasteiger partial charge on any atom is -0.365 e. The number of hydrogen-bond acceptors (Lipinski definition) is 4. The lowest BCUT2D eigenvalue weighted by Gasteiger charge is -2.10. The van der Waals surface area contributed by atoms with Gasteiger partial charge in [-0.05, 0) is 6.07 Å². The summed E-state index contributed by atoms with van der Waals surface area (Å²) in [7, 11) is 0. The molecule has 0 heterocycles. The first kappa shape index (κ1) is 13.4. The number of primary amides is 1. The molecule has 6 nitrogen and oxygen atoms in total. The molecule has 1 aromatic carbocycles. The highest BCUT2D eigenvalue weighted by atomic mass is 19.4. The average Bonchev–Trinajstić information content (AvgIpc) is 2.25. The van der Waals surface area contributed by atoms with E-state index in [-0.39, 0.29) is 0 Å². The molecule has 2 N–H and O–H groups in total. The van der Waals surface area contributed by atoms with Crippen molar-refractivity contribution in [3.05, 3.63) is 38.9 Å². The molecule has 0 aliphatic carbocycles. The Hall–Kier alpha value is -2.63. The van der Waals surface area contributed by atoms with Crippen molar-refractivity contribution in [3.8, 4) is 6.07 Å². The summed E-state index contributed by atoms with van der Waals surface area (Å²) in [5.41, 5.74) is 0.208. The predicted molar refractivity (Wildman–Crippen MR) is 51.3 cm³/mol. The molecule has 0 unspecified atom stereocenters. The molecule has 1 amide bonds. The summed E-state index contributed by atoms with van der Waals surface area (Å²) in [4.78, 5) is 20.5. The van der Waals surface area contributed by atoms with E-state index in [0.717, 1.165) is 6.07 Å². The van der Waals surface area contributed by atoms with Crippen LogP contribution >= 0.6 is 0 Å². The zero-order valence-corrected chi connectivity index (χ0v) is 8.49. The molecular formula is C9H4F3N3O3. The van der Waals surface area contributed by atoms with Gasteiger partial charge < -0.3 is 5.73 Å². The van der Waals surface area contributed by atoms with Gasteiger partial charge in [-0.25, -0.2) is 0 Å². The molecular weight excluding hydrogens is 255 g/mol. The largest absolute Gasteiger partial charge is 0.417 e. The monoisotopic (exact) mass is 259 g/mol. The highest BCUT2D eigenvalue weighted by Gasteiger charge is 2.38. The van der Waals surface area contributed by atoms with Crippen LogP contribution in [0.4, 0.5) is 18.9 Å². The fourth-order valence-electron chi connectivity index (χ4n) is 1.35. The van der Waals surface area contributed by atoms with Gasteiger partial charge in [-0.15, -0.1) is 0 Å². The van der Waals surface area contributed by atoms with Gasteiger partial charge in [0.25, 0.3) is 11.6 Å². The van der Waals surface area contributed by atoms with E-state index in [2.05, 4.69) is 0 Å². The summed E-state index contributed by atoms with van der Waals surface area (Å²) in [6, 6.07) is 1.98. The van der Waals surface area contributed by atoms with Crippen molar-refractivity contribution >= 4 is 11.6 Å². The molecule has 0 radical (unpaired) electrons. The van der Waals surface area contributed by atoms with Crippen molar-refractivity contribution in [1.82, 2.24) is 0 Å². The minimum absolute atomic E-state index is 0.364. The average molecular weight is 259 g/mol. The zero-order chi connectivity index (χ0) is 14.1. The number of halogens is 3. The quantitative estimate of drug-likeness (QED) is 0.642. The number of nitriles is 1. The van der Waals surface area contributed by atoms with Gasteiger partial charge in [-0.3, -0.25) is 14.9 Å². The number of nitrogens with two attached hydrogens (primary N) is 1. The van der Waals surface area contributed by atoms with E-state index >= 15 is 0 Å². The number of alkyl halides is 3. The molecule has 0 bridgehead atoms. The molecule has 0 spiro atoms. The first-order valence-electron chi connectivity index (χ1n) is 4.28. The lowest BCUT2D eigenvalue weighted by atomic mass is 9.99. The Labute approximate surface area is 97.6 Å². The number of amides is 1. The highest BCUT2D eigenvalue weighted by Crippen LogP contribution is 2.36. The van der Waals surface area contributed by atoms with E-state index in [4.69, 9.17) is 11.0 Å². The molecule has 0 saturated heterocycles. The van der Waals surface area contributed by atoms with Crippen LogP contribution < -0.4 is 5.73 Å². The summed E-state index contributed by atoms with van der Waals surface area (Å²) < 4.78 is 37.6. The van der Waals surface area contributed by atoms with Crippen LogP contribution in [0.1, 0.15) is 21.5 Å². The number of nitrogens with zero attached hydrogens (tertiary/aromatic N) is 2. The molecule has 1 rings (SSSR count). The summed E-state index contributed by atoms with van der Waals surface area (Å²) in [6.45, 7) is 0. The standard InChI is InChI=1S/C9H4F3N3O3/c10-9(11,12)5-1-2-6(15(17)18)7(8(14)16)4(5)3-13/h1-2H,(H2,14,16). The van der Waals surface area contributed by atoms with Gasteiger partial charge in [0.15, 0.2) is 0 Å². The van der Waals surface area contributed by atoms with Crippen molar-refractivity contribution in [3.63, 3.8) is 0 Å². The van der Waals surface area contributed by atoms with E-state index in [9.17, 15) is 28.1 Å². The van der Waals surface area contributed by atoms with Gasteiger partial charge >= 0.3 is 6.18 Å². The van der Waals surface area contributed by atoms with Crippen LogP contribution in [0.5, 0.6) is 0 Å². The third kappa shape index (κ3) is 2.22. The molecule has 0 aliphatic heterocycles. The second kappa shape index (κ2) is 4.33. The van der Waals surface area contributed by atoms with Gasteiger partial charge in [-0.1, -0.05) is 0 Å². The molecule has 94 valence electrons.